The highest BCUT2D eigenvalue weighted by Gasteiger charge is 2.24. The first kappa shape index (κ1) is 13.8. The Kier molecular flexibility index (Phi) is 3.08. The third-order valence-electron chi connectivity index (χ3n) is 4.44. The van der Waals surface area contributed by atoms with Crippen molar-refractivity contribution in [3.63, 3.8) is 0 Å². The molecule has 0 saturated heterocycles. The van der Waals surface area contributed by atoms with Crippen LogP contribution in [0.2, 0.25) is 0 Å². The number of aromatic nitrogens is 2. The molecule has 3 heterocycles. The summed E-state index contributed by atoms with van der Waals surface area (Å²) in [5.74, 6) is 0.639. The van der Waals surface area contributed by atoms with Gasteiger partial charge in [-0.2, -0.15) is 0 Å². The predicted octanol–water partition coefficient (Wildman–Crippen LogP) is 2.65. The number of hydrogen-bond donors (Lipinski definition) is 2. The fraction of sp³-hybridized carbons (Fsp3) is 0.222. The van der Waals surface area contributed by atoms with Crippen molar-refractivity contribution in [3.05, 3.63) is 58.8 Å². The largest absolute Gasteiger partial charge is 0.383 e. The van der Waals surface area contributed by atoms with Gasteiger partial charge in [0.25, 0.3) is 5.91 Å². The number of carbonyl (C=O) groups excluding carboxylic acids is 1. The highest BCUT2D eigenvalue weighted by molar-refractivity contribution is 5.96. The van der Waals surface area contributed by atoms with Crippen LogP contribution < -0.4 is 5.73 Å². The molecule has 0 atom stereocenters. The van der Waals surface area contributed by atoms with E-state index < -0.39 is 0 Å². The zero-order chi connectivity index (χ0) is 16.0. The van der Waals surface area contributed by atoms with Crippen LogP contribution in [0, 0.1) is 6.92 Å². The van der Waals surface area contributed by atoms with Crippen molar-refractivity contribution >= 4 is 22.8 Å². The fourth-order valence-corrected chi connectivity index (χ4v) is 3.14. The van der Waals surface area contributed by atoms with Crippen molar-refractivity contribution in [3.8, 4) is 0 Å². The molecule has 0 saturated carbocycles. The number of anilines is 1. The molecule has 0 spiro atoms. The Balaban J connectivity index is 1.63. The number of nitrogen functional groups attached to an aromatic ring is 1. The molecule has 1 aromatic carbocycles. The Labute approximate surface area is 134 Å². The number of nitrogens with two attached hydrogens (primary N) is 1. The lowest BCUT2D eigenvalue weighted by atomic mass is 9.99. The summed E-state index contributed by atoms with van der Waals surface area (Å²) in [4.78, 5) is 22.2. The number of benzene rings is 1. The first-order valence-electron chi connectivity index (χ1n) is 7.74. The van der Waals surface area contributed by atoms with Gasteiger partial charge in [-0.15, -0.1) is 0 Å². The Morgan fingerprint density at radius 2 is 2.13 bits per heavy atom. The van der Waals surface area contributed by atoms with Crippen LogP contribution in [0.25, 0.3) is 11.0 Å². The average molecular weight is 306 g/mol. The molecule has 23 heavy (non-hydrogen) atoms. The number of carbonyl (C=O) groups is 1. The minimum atomic E-state index is 0.0918. The van der Waals surface area contributed by atoms with Gasteiger partial charge in [0.2, 0.25) is 0 Å². The summed E-state index contributed by atoms with van der Waals surface area (Å²) in [6, 6.07) is 11.8. The van der Waals surface area contributed by atoms with Crippen molar-refractivity contribution in [2.45, 2.75) is 19.9 Å². The van der Waals surface area contributed by atoms with Crippen LogP contribution >= 0.6 is 0 Å². The van der Waals surface area contributed by atoms with Gasteiger partial charge in [-0.3, -0.25) is 4.79 Å². The molecule has 3 aromatic rings. The Hall–Kier alpha value is -2.82. The first-order valence-corrected chi connectivity index (χ1v) is 7.74. The molecular weight excluding hydrogens is 288 g/mol. The number of aromatic amines is 1. The van der Waals surface area contributed by atoms with Crippen molar-refractivity contribution in [1.82, 2.24) is 14.9 Å². The molecular formula is C18H18N4O. The van der Waals surface area contributed by atoms with Gasteiger partial charge < -0.3 is 15.6 Å². The quantitative estimate of drug-likeness (QED) is 0.764. The van der Waals surface area contributed by atoms with Crippen LogP contribution in [0.3, 0.4) is 0 Å². The molecule has 2 aromatic heterocycles. The summed E-state index contributed by atoms with van der Waals surface area (Å²) < 4.78 is 0. The second kappa shape index (κ2) is 5.12. The summed E-state index contributed by atoms with van der Waals surface area (Å²) >= 11 is 0. The van der Waals surface area contributed by atoms with E-state index in [-0.39, 0.29) is 5.91 Å². The number of rotatable bonds is 2. The van der Waals surface area contributed by atoms with E-state index in [0.717, 1.165) is 46.4 Å². The topological polar surface area (TPSA) is 75.0 Å². The van der Waals surface area contributed by atoms with Crippen molar-refractivity contribution < 1.29 is 4.79 Å². The number of aryl methyl sites for hydroxylation is 1. The number of nitrogens with one attached hydrogen (secondary N) is 1. The lowest BCUT2D eigenvalue weighted by molar-refractivity contribution is 0.0725. The number of hydrogen-bond acceptors (Lipinski definition) is 3. The van der Waals surface area contributed by atoms with Gasteiger partial charge in [0.05, 0.1) is 17.6 Å². The van der Waals surface area contributed by atoms with E-state index in [1.54, 1.807) is 0 Å². The molecule has 116 valence electrons. The predicted molar refractivity (Wildman–Crippen MR) is 90.1 cm³/mol. The molecule has 4 rings (SSSR count). The van der Waals surface area contributed by atoms with Crippen LogP contribution in [0.5, 0.6) is 0 Å². The van der Waals surface area contributed by atoms with E-state index in [1.807, 2.05) is 48.2 Å². The fourth-order valence-electron chi connectivity index (χ4n) is 3.14. The maximum Gasteiger partial charge on any atom is 0.254 e. The van der Waals surface area contributed by atoms with E-state index in [1.165, 1.54) is 0 Å². The van der Waals surface area contributed by atoms with Crippen LogP contribution in [0.15, 0.2) is 36.4 Å². The van der Waals surface area contributed by atoms with Crippen molar-refractivity contribution in [2.24, 2.45) is 0 Å². The normalized spacial score (nSPS) is 14.3. The smallest absolute Gasteiger partial charge is 0.254 e. The monoisotopic (exact) mass is 306 g/mol. The lowest BCUT2D eigenvalue weighted by Crippen LogP contribution is -2.37. The zero-order valence-corrected chi connectivity index (χ0v) is 13.0. The summed E-state index contributed by atoms with van der Waals surface area (Å²) in [5.41, 5.74) is 11.5. The van der Waals surface area contributed by atoms with Crippen LogP contribution in [0.4, 0.5) is 5.82 Å². The van der Waals surface area contributed by atoms with E-state index in [0.29, 0.717) is 12.4 Å². The van der Waals surface area contributed by atoms with Gasteiger partial charge in [-0.1, -0.05) is 18.2 Å². The lowest BCUT2D eigenvalue weighted by Gasteiger charge is -2.28. The molecule has 5 nitrogen and oxygen atoms in total. The van der Waals surface area contributed by atoms with Gasteiger partial charge in [0.1, 0.15) is 5.82 Å². The maximum atomic E-state index is 12.6. The molecule has 5 heteroatoms. The first-order chi connectivity index (χ1) is 11.1. The highest BCUT2D eigenvalue weighted by atomic mass is 16.2. The summed E-state index contributed by atoms with van der Waals surface area (Å²) in [6.07, 6.45) is 0.895. The molecule has 1 amide bonds. The number of fused-ring (bicyclic) bond motifs is 2. The molecule has 0 unspecified atom stereocenters. The van der Waals surface area contributed by atoms with Gasteiger partial charge in [0, 0.05) is 17.8 Å². The Morgan fingerprint density at radius 3 is 3.00 bits per heavy atom. The van der Waals surface area contributed by atoms with Crippen molar-refractivity contribution in [2.75, 3.05) is 12.3 Å². The SMILES string of the molecule is Cc1cc2[nH]c(CN3CCc4ccccc4C3=O)cc2nc1N. The standard InChI is InChI=1S/C18H18N4O/c1-11-8-15-16(21-17(11)19)9-13(20-15)10-22-7-6-12-4-2-3-5-14(12)18(22)23/h2-5,8-9,20H,6-7,10H2,1H3,(H2,19,21). The second-order valence-electron chi connectivity index (χ2n) is 6.05. The molecule has 1 aliphatic heterocycles. The second-order valence-corrected chi connectivity index (χ2v) is 6.05. The molecule has 1 aliphatic rings. The Morgan fingerprint density at radius 1 is 1.30 bits per heavy atom. The van der Waals surface area contributed by atoms with E-state index >= 15 is 0 Å². The average Bonchev–Trinajstić information content (AvgIpc) is 2.92. The zero-order valence-electron chi connectivity index (χ0n) is 13.0. The molecule has 0 bridgehead atoms. The summed E-state index contributed by atoms with van der Waals surface area (Å²) in [7, 11) is 0. The third-order valence-corrected chi connectivity index (χ3v) is 4.44. The van der Waals surface area contributed by atoms with Gasteiger partial charge >= 0.3 is 0 Å². The summed E-state index contributed by atoms with van der Waals surface area (Å²) in [6.45, 7) is 3.23. The van der Waals surface area contributed by atoms with Crippen LogP contribution in [-0.4, -0.2) is 27.3 Å². The van der Waals surface area contributed by atoms with Crippen molar-refractivity contribution in [1.29, 1.82) is 0 Å². The van der Waals surface area contributed by atoms with Crippen LogP contribution in [0.1, 0.15) is 27.2 Å². The molecule has 0 fully saturated rings. The minimum Gasteiger partial charge on any atom is -0.383 e. The van der Waals surface area contributed by atoms with E-state index in [2.05, 4.69) is 9.97 Å². The molecule has 3 N–H and O–H groups in total. The van der Waals surface area contributed by atoms with Gasteiger partial charge in [-0.25, -0.2) is 4.98 Å². The van der Waals surface area contributed by atoms with E-state index in [4.69, 9.17) is 5.73 Å². The number of amides is 1. The van der Waals surface area contributed by atoms with Crippen LogP contribution in [-0.2, 0) is 13.0 Å². The maximum absolute atomic E-state index is 12.6. The minimum absolute atomic E-state index is 0.0918. The van der Waals surface area contributed by atoms with E-state index in [9.17, 15) is 4.79 Å². The Bertz CT molecular complexity index is 874. The molecule has 0 radical (unpaired) electrons. The summed E-state index contributed by atoms with van der Waals surface area (Å²) in [5, 5.41) is 0. The number of H-pyrrole nitrogens is 1. The number of nitrogens with zero attached hydrogens (tertiary/aromatic N) is 2. The third kappa shape index (κ3) is 2.34. The number of pyridine rings is 1. The van der Waals surface area contributed by atoms with Gasteiger partial charge in [0.15, 0.2) is 0 Å². The highest BCUT2D eigenvalue weighted by Crippen LogP contribution is 2.23. The molecule has 0 aliphatic carbocycles. The van der Waals surface area contributed by atoms with Gasteiger partial charge in [-0.05, 0) is 42.7 Å².